The van der Waals surface area contributed by atoms with Gasteiger partial charge in [-0.3, -0.25) is 9.97 Å². The van der Waals surface area contributed by atoms with Crippen LogP contribution >= 0.6 is 0 Å². The van der Waals surface area contributed by atoms with Crippen LogP contribution in [0.4, 0.5) is 0 Å². The lowest BCUT2D eigenvalue weighted by Crippen LogP contribution is -2.23. The van der Waals surface area contributed by atoms with Gasteiger partial charge in [0, 0.05) is 18.4 Å². The molecule has 0 aliphatic carbocycles. The molecule has 0 bridgehead atoms. The Bertz CT molecular complexity index is 533. The number of para-hydroxylation sites is 1. The van der Waals surface area contributed by atoms with E-state index < -0.39 is 0 Å². The van der Waals surface area contributed by atoms with Crippen LogP contribution in [0.2, 0.25) is 0 Å². The van der Waals surface area contributed by atoms with Gasteiger partial charge in [-0.25, -0.2) is 0 Å². The maximum absolute atomic E-state index is 4.54. The smallest absolute Gasteiger partial charge is 0.0934 e. The van der Waals surface area contributed by atoms with Gasteiger partial charge in [-0.05, 0) is 30.5 Å². The number of aromatic nitrogens is 2. The third-order valence-electron chi connectivity index (χ3n) is 3.78. The molecule has 3 nitrogen and oxygen atoms in total. The van der Waals surface area contributed by atoms with Crippen LogP contribution in [0.15, 0.2) is 30.6 Å². The first kappa shape index (κ1) is 14.9. The number of nitrogens with one attached hydrogen (secondary N) is 1. The van der Waals surface area contributed by atoms with Crippen molar-refractivity contribution < 1.29 is 0 Å². The molecule has 2 unspecified atom stereocenters. The number of nitrogens with zero attached hydrogens (tertiary/aromatic N) is 2. The summed E-state index contributed by atoms with van der Waals surface area (Å²) in [6.45, 7) is 7.72. The van der Waals surface area contributed by atoms with E-state index in [9.17, 15) is 0 Å². The van der Waals surface area contributed by atoms with Gasteiger partial charge < -0.3 is 5.32 Å². The fourth-order valence-corrected chi connectivity index (χ4v) is 2.88. The van der Waals surface area contributed by atoms with Gasteiger partial charge >= 0.3 is 0 Å². The van der Waals surface area contributed by atoms with Crippen molar-refractivity contribution in [2.45, 2.75) is 46.1 Å². The fourth-order valence-electron chi connectivity index (χ4n) is 2.88. The lowest BCUT2D eigenvalue weighted by Gasteiger charge is -2.23. The predicted molar refractivity (Wildman–Crippen MR) is 84.6 cm³/mol. The van der Waals surface area contributed by atoms with Crippen molar-refractivity contribution in [3.05, 3.63) is 36.2 Å². The monoisotopic (exact) mass is 271 g/mol. The molecule has 0 aliphatic heterocycles. The van der Waals surface area contributed by atoms with E-state index in [0.717, 1.165) is 29.9 Å². The molecule has 0 aliphatic rings. The Morgan fingerprint density at radius 3 is 2.70 bits per heavy atom. The number of hydrogen-bond acceptors (Lipinski definition) is 3. The largest absolute Gasteiger partial charge is 0.310 e. The predicted octanol–water partition coefficient (Wildman–Crippen LogP) is 4.11. The summed E-state index contributed by atoms with van der Waals surface area (Å²) in [5.74, 6) is 0.718. The normalized spacial score (nSPS) is 14.3. The molecule has 0 saturated carbocycles. The van der Waals surface area contributed by atoms with Crippen molar-refractivity contribution in [3.8, 4) is 0 Å². The molecular formula is C17H25N3. The van der Waals surface area contributed by atoms with Gasteiger partial charge in [-0.2, -0.15) is 0 Å². The molecule has 0 amide bonds. The van der Waals surface area contributed by atoms with Gasteiger partial charge in [0.25, 0.3) is 0 Å². The van der Waals surface area contributed by atoms with Crippen LogP contribution in [0, 0.1) is 5.92 Å². The van der Waals surface area contributed by atoms with Crippen LogP contribution in [0.25, 0.3) is 11.0 Å². The van der Waals surface area contributed by atoms with Crippen LogP contribution in [-0.2, 0) is 0 Å². The molecule has 0 radical (unpaired) electrons. The molecule has 0 saturated heterocycles. The SMILES string of the molecule is CCCC(C)CC(NCC)c1cccc2nccnc12. The van der Waals surface area contributed by atoms with E-state index in [2.05, 4.69) is 48.2 Å². The summed E-state index contributed by atoms with van der Waals surface area (Å²) in [7, 11) is 0. The van der Waals surface area contributed by atoms with Crippen LogP contribution in [0.5, 0.6) is 0 Å². The zero-order chi connectivity index (χ0) is 14.4. The highest BCUT2D eigenvalue weighted by molar-refractivity contribution is 5.78. The average molecular weight is 271 g/mol. The third kappa shape index (κ3) is 3.54. The second kappa shape index (κ2) is 7.34. The van der Waals surface area contributed by atoms with Gasteiger partial charge in [-0.1, -0.05) is 45.7 Å². The van der Waals surface area contributed by atoms with Gasteiger partial charge in [0.15, 0.2) is 0 Å². The van der Waals surface area contributed by atoms with Crippen LogP contribution in [-0.4, -0.2) is 16.5 Å². The first-order valence-corrected chi connectivity index (χ1v) is 7.69. The molecular weight excluding hydrogens is 246 g/mol. The third-order valence-corrected chi connectivity index (χ3v) is 3.78. The molecule has 0 fully saturated rings. The Labute approximate surface area is 121 Å². The second-order valence-corrected chi connectivity index (χ2v) is 5.51. The molecule has 108 valence electrons. The van der Waals surface area contributed by atoms with Crippen molar-refractivity contribution in [1.82, 2.24) is 15.3 Å². The lowest BCUT2D eigenvalue weighted by molar-refractivity contribution is 0.396. The van der Waals surface area contributed by atoms with Crippen molar-refractivity contribution in [3.63, 3.8) is 0 Å². The van der Waals surface area contributed by atoms with E-state index in [1.54, 1.807) is 12.4 Å². The molecule has 1 heterocycles. The standard InChI is InChI=1S/C17H25N3/c1-4-7-13(3)12-16(18-5-2)14-8-6-9-15-17(14)20-11-10-19-15/h6,8-11,13,16,18H,4-5,7,12H2,1-3H3. The number of rotatable bonds is 7. The first-order chi connectivity index (χ1) is 9.76. The minimum atomic E-state index is 0.363. The Morgan fingerprint density at radius 1 is 1.15 bits per heavy atom. The summed E-state index contributed by atoms with van der Waals surface area (Å²) >= 11 is 0. The summed E-state index contributed by atoms with van der Waals surface area (Å²) < 4.78 is 0. The molecule has 2 atom stereocenters. The molecule has 1 aromatic heterocycles. The van der Waals surface area contributed by atoms with Crippen molar-refractivity contribution >= 4 is 11.0 Å². The van der Waals surface area contributed by atoms with E-state index >= 15 is 0 Å². The minimum Gasteiger partial charge on any atom is -0.310 e. The van der Waals surface area contributed by atoms with Crippen molar-refractivity contribution in [1.29, 1.82) is 0 Å². The van der Waals surface area contributed by atoms with Crippen molar-refractivity contribution in [2.24, 2.45) is 5.92 Å². The molecule has 2 aromatic rings. The number of hydrogen-bond donors (Lipinski definition) is 1. The fraction of sp³-hybridized carbons (Fsp3) is 0.529. The highest BCUT2D eigenvalue weighted by atomic mass is 14.9. The van der Waals surface area contributed by atoms with E-state index in [-0.39, 0.29) is 0 Å². The summed E-state index contributed by atoms with van der Waals surface area (Å²) in [5.41, 5.74) is 3.29. The molecule has 2 rings (SSSR count). The molecule has 20 heavy (non-hydrogen) atoms. The van der Waals surface area contributed by atoms with E-state index in [0.29, 0.717) is 6.04 Å². The Kier molecular flexibility index (Phi) is 5.48. The van der Waals surface area contributed by atoms with Crippen LogP contribution in [0.1, 0.15) is 51.6 Å². The minimum absolute atomic E-state index is 0.363. The van der Waals surface area contributed by atoms with E-state index in [1.807, 2.05) is 6.07 Å². The molecule has 0 spiro atoms. The number of benzene rings is 1. The second-order valence-electron chi connectivity index (χ2n) is 5.51. The van der Waals surface area contributed by atoms with E-state index in [1.165, 1.54) is 18.4 Å². The summed E-state index contributed by atoms with van der Waals surface area (Å²) in [4.78, 5) is 8.94. The van der Waals surface area contributed by atoms with Gasteiger partial charge in [0.2, 0.25) is 0 Å². The summed E-state index contributed by atoms with van der Waals surface area (Å²) in [6.07, 6.45) is 7.21. The maximum atomic E-state index is 4.54. The molecule has 3 heteroatoms. The Balaban J connectivity index is 2.31. The highest BCUT2D eigenvalue weighted by Crippen LogP contribution is 2.27. The molecule has 1 aromatic carbocycles. The zero-order valence-corrected chi connectivity index (χ0v) is 12.8. The van der Waals surface area contributed by atoms with Crippen LogP contribution < -0.4 is 5.32 Å². The van der Waals surface area contributed by atoms with Gasteiger partial charge in [-0.15, -0.1) is 0 Å². The average Bonchev–Trinajstić information content (AvgIpc) is 2.46. The quantitative estimate of drug-likeness (QED) is 0.823. The summed E-state index contributed by atoms with van der Waals surface area (Å²) in [5, 5.41) is 3.61. The topological polar surface area (TPSA) is 37.8 Å². The summed E-state index contributed by atoms with van der Waals surface area (Å²) in [6, 6.07) is 6.66. The lowest BCUT2D eigenvalue weighted by atomic mass is 9.92. The molecule has 1 N–H and O–H groups in total. The van der Waals surface area contributed by atoms with Gasteiger partial charge in [0.1, 0.15) is 0 Å². The van der Waals surface area contributed by atoms with Crippen molar-refractivity contribution in [2.75, 3.05) is 6.54 Å². The highest BCUT2D eigenvalue weighted by Gasteiger charge is 2.17. The van der Waals surface area contributed by atoms with Gasteiger partial charge in [0.05, 0.1) is 11.0 Å². The first-order valence-electron chi connectivity index (χ1n) is 7.69. The zero-order valence-electron chi connectivity index (χ0n) is 12.8. The van der Waals surface area contributed by atoms with Crippen LogP contribution in [0.3, 0.4) is 0 Å². The van der Waals surface area contributed by atoms with E-state index in [4.69, 9.17) is 0 Å². The maximum Gasteiger partial charge on any atom is 0.0934 e. The Morgan fingerprint density at radius 2 is 1.95 bits per heavy atom. The Hall–Kier alpha value is -1.48. The number of fused-ring (bicyclic) bond motifs is 1.